The minimum atomic E-state index is -3.61. The van der Waals surface area contributed by atoms with Crippen molar-refractivity contribution in [3.05, 3.63) is 35.9 Å². The van der Waals surface area contributed by atoms with Gasteiger partial charge in [-0.25, -0.2) is 8.42 Å². The summed E-state index contributed by atoms with van der Waals surface area (Å²) in [5.74, 6) is -0.593. The highest BCUT2D eigenvalue weighted by atomic mass is 32.2. The Hall–Kier alpha value is -2.50. The molecule has 11 heteroatoms. The van der Waals surface area contributed by atoms with Crippen molar-refractivity contribution in [1.82, 2.24) is 25.2 Å². The molecule has 2 rings (SSSR count). The van der Waals surface area contributed by atoms with Crippen molar-refractivity contribution in [2.75, 3.05) is 39.5 Å². The summed E-state index contributed by atoms with van der Waals surface area (Å²) in [4.78, 5) is 40.9. The molecule has 0 heterocycles. The van der Waals surface area contributed by atoms with Crippen molar-refractivity contribution in [2.45, 2.75) is 83.8 Å². The van der Waals surface area contributed by atoms with E-state index in [-0.39, 0.29) is 55.7 Å². The fourth-order valence-corrected chi connectivity index (χ4v) is 5.93. The molecule has 3 N–H and O–H groups in total. The Bertz CT molecular complexity index is 1050. The SMILES string of the molecule is CCCN(CCN(CCC(=O)NC(C)c1ccccc1)S(C)(=O)=O)C(=O)C(NC(=O)C(C)NC)C1CCCCC1. The molecule has 0 aromatic heterocycles. The topological polar surface area (TPSA) is 128 Å². The number of likely N-dealkylation sites (N-methyl/N-ethyl adjacent to an activating group) is 1. The van der Waals surface area contributed by atoms with Crippen LogP contribution in [0.1, 0.15) is 77.3 Å². The van der Waals surface area contributed by atoms with E-state index in [9.17, 15) is 22.8 Å². The monoisotopic (exact) mass is 579 g/mol. The van der Waals surface area contributed by atoms with Gasteiger partial charge in [-0.3, -0.25) is 14.4 Å². The third-order valence-corrected chi connectivity index (χ3v) is 8.97. The Morgan fingerprint density at radius 1 is 0.950 bits per heavy atom. The average molecular weight is 580 g/mol. The molecule has 10 nitrogen and oxygen atoms in total. The number of carbonyl (C=O) groups excluding carboxylic acids is 3. The molecule has 1 fully saturated rings. The molecule has 0 saturated heterocycles. The molecule has 1 aromatic rings. The zero-order chi connectivity index (χ0) is 29.7. The molecule has 40 heavy (non-hydrogen) atoms. The van der Waals surface area contributed by atoms with E-state index in [4.69, 9.17) is 0 Å². The number of sulfonamides is 1. The zero-order valence-electron chi connectivity index (χ0n) is 24.8. The smallest absolute Gasteiger partial charge is 0.245 e. The molecule has 1 saturated carbocycles. The van der Waals surface area contributed by atoms with Gasteiger partial charge in [-0.1, -0.05) is 56.5 Å². The standard InChI is InChI=1S/C29H49N5O5S/c1-6-18-33(29(37)27(25-15-11-8-12-16-25)32-28(36)23(3)30-4)20-21-34(40(5,38)39)19-17-26(35)31-22(2)24-13-9-7-10-14-24/h7,9-10,13-14,22-23,25,27,30H,6,8,11-12,15-21H2,1-5H3,(H,31,35)(H,32,36). The van der Waals surface area contributed by atoms with E-state index < -0.39 is 22.1 Å². The molecule has 3 atom stereocenters. The van der Waals surface area contributed by atoms with Crippen molar-refractivity contribution < 1.29 is 22.8 Å². The Kier molecular flexibility index (Phi) is 14.1. The lowest BCUT2D eigenvalue weighted by molar-refractivity contribution is -0.139. The van der Waals surface area contributed by atoms with Gasteiger partial charge in [0.25, 0.3) is 0 Å². The van der Waals surface area contributed by atoms with E-state index >= 15 is 0 Å². The second-order valence-electron chi connectivity index (χ2n) is 10.8. The first-order valence-corrected chi connectivity index (χ1v) is 16.4. The largest absolute Gasteiger partial charge is 0.350 e. The Labute approximate surface area is 240 Å². The van der Waals surface area contributed by atoms with Crippen LogP contribution in [0.5, 0.6) is 0 Å². The van der Waals surface area contributed by atoms with Crippen LogP contribution in [0.3, 0.4) is 0 Å². The quantitative estimate of drug-likeness (QED) is 0.276. The zero-order valence-corrected chi connectivity index (χ0v) is 25.6. The lowest BCUT2D eigenvalue weighted by Gasteiger charge is -2.35. The summed E-state index contributed by atoms with van der Waals surface area (Å²) < 4.78 is 26.4. The number of nitrogens with zero attached hydrogens (tertiary/aromatic N) is 2. The number of carbonyl (C=O) groups is 3. The molecule has 3 amide bonds. The second-order valence-corrected chi connectivity index (χ2v) is 12.8. The highest BCUT2D eigenvalue weighted by Gasteiger charge is 2.34. The predicted molar refractivity (Wildman–Crippen MR) is 158 cm³/mol. The molecule has 1 aliphatic rings. The van der Waals surface area contributed by atoms with Gasteiger partial charge in [0.1, 0.15) is 6.04 Å². The number of hydrogen-bond acceptors (Lipinski definition) is 6. The van der Waals surface area contributed by atoms with Crippen LogP contribution < -0.4 is 16.0 Å². The first kappa shape index (κ1) is 33.7. The predicted octanol–water partition coefficient (Wildman–Crippen LogP) is 2.43. The van der Waals surface area contributed by atoms with Gasteiger partial charge >= 0.3 is 0 Å². The van der Waals surface area contributed by atoms with Crippen LogP contribution in [0, 0.1) is 5.92 Å². The number of hydrogen-bond donors (Lipinski definition) is 3. The van der Waals surface area contributed by atoms with Crippen LogP contribution in [0.25, 0.3) is 0 Å². The lowest BCUT2D eigenvalue weighted by atomic mass is 9.83. The lowest BCUT2D eigenvalue weighted by Crippen LogP contribution is -2.56. The molecule has 1 aromatic carbocycles. The third kappa shape index (κ3) is 10.8. The van der Waals surface area contributed by atoms with E-state index in [1.165, 1.54) is 4.31 Å². The molecule has 0 spiro atoms. The molecule has 1 aliphatic carbocycles. The number of benzene rings is 1. The molecule has 0 aliphatic heterocycles. The maximum absolute atomic E-state index is 13.8. The van der Waals surface area contributed by atoms with E-state index in [0.29, 0.717) is 13.0 Å². The summed E-state index contributed by atoms with van der Waals surface area (Å²) in [6.45, 7) is 6.32. The summed E-state index contributed by atoms with van der Waals surface area (Å²) in [7, 11) is -1.91. The van der Waals surface area contributed by atoms with Crippen molar-refractivity contribution in [2.24, 2.45) is 5.92 Å². The van der Waals surface area contributed by atoms with Crippen LogP contribution >= 0.6 is 0 Å². The first-order valence-electron chi connectivity index (χ1n) is 14.5. The van der Waals surface area contributed by atoms with Crippen LogP contribution in [-0.2, 0) is 24.4 Å². The van der Waals surface area contributed by atoms with Crippen molar-refractivity contribution >= 4 is 27.7 Å². The van der Waals surface area contributed by atoms with Crippen LogP contribution in [-0.4, -0.2) is 86.9 Å². The summed E-state index contributed by atoms with van der Waals surface area (Å²) in [6, 6.07) is 8.28. The summed E-state index contributed by atoms with van der Waals surface area (Å²) in [5, 5.41) is 8.83. The molecule has 3 unspecified atom stereocenters. The van der Waals surface area contributed by atoms with E-state index in [2.05, 4.69) is 16.0 Å². The van der Waals surface area contributed by atoms with Gasteiger partial charge in [-0.2, -0.15) is 4.31 Å². The Morgan fingerprint density at radius 3 is 2.17 bits per heavy atom. The van der Waals surface area contributed by atoms with E-state index in [1.54, 1.807) is 18.9 Å². The summed E-state index contributed by atoms with van der Waals surface area (Å²) >= 11 is 0. The highest BCUT2D eigenvalue weighted by Crippen LogP contribution is 2.27. The van der Waals surface area contributed by atoms with Gasteiger partial charge in [0.2, 0.25) is 27.7 Å². The Balaban J connectivity index is 2.08. The maximum Gasteiger partial charge on any atom is 0.245 e. The third-order valence-electron chi connectivity index (χ3n) is 7.67. The number of rotatable bonds is 16. The van der Waals surface area contributed by atoms with Gasteiger partial charge in [-0.05, 0) is 51.6 Å². The average Bonchev–Trinajstić information content (AvgIpc) is 2.94. The van der Waals surface area contributed by atoms with E-state index in [0.717, 1.165) is 43.9 Å². The number of amides is 3. The summed E-state index contributed by atoms with van der Waals surface area (Å²) in [6.07, 6.45) is 6.73. The van der Waals surface area contributed by atoms with Gasteiger partial charge in [-0.15, -0.1) is 0 Å². The molecular formula is C29H49N5O5S. The van der Waals surface area contributed by atoms with Crippen molar-refractivity contribution in [3.8, 4) is 0 Å². The minimum absolute atomic E-state index is 0.00856. The molecule has 226 valence electrons. The van der Waals surface area contributed by atoms with Crippen molar-refractivity contribution in [3.63, 3.8) is 0 Å². The normalized spacial score (nSPS) is 16.6. The van der Waals surface area contributed by atoms with Gasteiger partial charge < -0.3 is 20.9 Å². The first-order chi connectivity index (χ1) is 19.0. The highest BCUT2D eigenvalue weighted by molar-refractivity contribution is 7.88. The number of nitrogens with one attached hydrogen (secondary N) is 3. The van der Waals surface area contributed by atoms with Crippen LogP contribution in [0.15, 0.2) is 30.3 Å². The van der Waals surface area contributed by atoms with Gasteiger partial charge in [0, 0.05) is 32.6 Å². The molecule has 0 radical (unpaired) electrons. The second kappa shape index (κ2) is 16.7. The van der Waals surface area contributed by atoms with Gasteiger partial charge in [0.05, 0.1) is 18.3 Å². The molecular weight excluding hydrogens is 530 g/mol. The van der Waals surface area contributed by atoms with Crippen molar-refractivity contribution in [1.29, 1.82) is 0 Å². The fourth-order valence-electron chi connectivity index (χ4n) is 5.10. The summed E-state index contributed by atoms with van der Waals surface area (Å²) in [5.41, 5.74) is 0.966. The minimum Gasteiger partial charge on any atom is -0.350 e. The molecule has 0 bridgehead atoms. The maximum atomic E-state index is 13.8. The van der Waals surface area contributed by atoms with Crippen LogP contribution in [0.2, 0.25) is 0 Å². The van der Waals surface area contributed by atoms with Crippen LogP contribution in [0.4, 0.5) is 0 Å². The van der Waals surface area contributed by atoms with E-state index in [1.807, 2.05) is 44.2 Å². The Morgan fingerprint density at radius 2 is 1.60 bits per heavy atom. The fraction of sp³-hybridized carbons (Fsp3) is 0.690. The van der Waals surface area contributed by atoms with Gasteiger partial charge in [0.15, 0.2) is 0 Å².